The summed E-state index contributed by atoms with van der Waals surface area (Å²) in [7, 11) is 2.12. The van der Waals surface area contributed by atoms with E-state index < -0.39 is 5.60 Å². The molecular formula is C32H38N8O3. The average molecular weight is 583 g/mol. The molecule has 1 aromatic carbocycles. The van der Waals surface area contributed by atoms with Crippen molar-refractivity contribution in [2.24, 2.45) is 5.41 Å². The molecule has 43 heavy (non-hydrogen) atoms. The van der Waals surface area contributed by atoms with Crippen LogP contribution in [0.25, 0.3) is 16.9 Å². The molecule has 2 fully saturated rings. The number of anilines is 3. The Morgan fingerprint density at radius 1 is 1.09 bits per heavy atom. The van der Waals surface area contributed by atoms with Gasteiger partial charge in [0.1, 0.15) is 11.0 Å². The third kappa shape index (κ3) is 4.54. The van der Waals surface area contributed by atoms with E-state index in [9.17, 15) is 15.0 Å². The molecule has 2 aliphatic carbocycles. The number of aliphatic hydroxyl groups excluding tert-OH is 1. The summed E-state index contributed by atoms with van der Waals surface area (Å²) in [6.07, 6.45) is 7.02. The maximum atomic E-state index is 13.5. The van der Waals surface area contributed by atoms with Gasteiger partial charge < -0.3 is 25.3 Å². The van der Waals surface area contributed by atoms with Gasteiger partial charge in [-0.2, -0.15) is 4.98 Å². The van der Waals surface area contributed by atoms with Crippen LogP contribution >= 0.6 is 0 Å². The molecule has 3 aliphatic rings. The summed E-state index contributed by atoms with van der Waals surface area (Å²) in [4.78, 5) is 32.3. The molecule has 1 aliphatic heterocycles. The second-order valence-corrected chi connectivity index (χ2v) is 12.4. The zero-order chi connectivity index (χ0) is 29.9. The Kier molecular flexibility index (Phi) is 6.64. The lowest BCUT2D eigenvalue weighted by Crippen LogP contribution is -2.44. The van der Waals surface area contributed by atoms with E-state index in [1.54, 1.807) is 15.4 Å². The fourth-order valence-electron chi connectivity index (χ4n) is 6.86. The number of nitrogens with zero attached hydrogens (tertiary/aromatic N) is 7. The van der Waals surface area contributed by atoms with Crippen molar-refractivity contribution in [1.29, 1.82) is 0 Å². The van der Waals surface area contributed by atoms with Gasteiger partial charge in [-0.15, -0.1) is 6.58 Å². The van der Waals surface area contributed by atoms with E-state index in [2.05, 4.69) is 33.7 Å². The normalized spacial score (nSPS) is 21.3. The summed E-state index contributed by atoms with van der Waals surface area (Å²) in [5.74, 6) is 0.824. The molecule has 1 saturated heterocycles. The van der Waals surface area contributed by atoms with Crippen molar-refractivity contribution in [3.8, 4) is 5.82 Å². The van der Waals surface area contributed by atoms with Crippen molar-refractivity contribution in [3.63, 3.8) is 0 Å². The summed E-state index contributed by atoms with van der Waals surface area (Å²) in [6.45, 7) is 9.65. The predicted molar refractivity (Wildman–Crippen MR) is 166 cm³/mol. The number of piperazine rings is 1. The van der Waals surface area contributed by atoms with Crippen LogP contribution in [0.5, 0.6) is 0 Å². The minimum absolute atomic E-state index is 0.0872. The number of rotatable bonds is 7. The number of aromatic nitrogens is 5. The van der Waals surface area contributed by atoms with Crippen molar-refractivity contribution < 1.29 is 10.2 Å². The SMILES string of the molecule is C=CCn1c(=O)c2cnc(Nc3ccc(N4CCN(C)CC4)c(CO)c3)nc2n1-c1ccc2c(n1)C(C)(O)C1(CC2)CC1. The van der Waals surface area contributed by atoms with E-state index in [1.165, 1.54) is 6.20 Å². The fourth-order valence-corrected chi connectivity index (χ4v) is 6.86. The highest BCUT2D eigenvalue weighted by Crippen LogP contribution is 2.63. The van der Waals surface area contributed by atoms with Crippen molar-refractivity contribution in [2.45, 2.75) is 51.4 Å². The van der Waals surface area contributed by atoms with E-state index >= 15 is 0 Å². The number of benzene rings is 1. The van der Waals surface area contributed by atoms with Gasteiger partial charge in [-0.05, 0) is 69.5 Å². The molecule has 1 saturated carbocycles. The van der Waals surface area contributed by atoms with E-state index in [1.807, 2.05) is 37.3 Å². The highest BCUT2D eigenvalue weighted by molar-refractivity contribution is 5.77. The van der Waals surface area contributed by atoms with E-state index in [-0.39, 0.29) is 24.1 Å². The smallest absolute Gasteiger partial charge is 0.278 e. The molecule has 4 aromatic rings. The molecular weight excluding hydrogens is 544 g/mol. The zero-order valence-electron chi connectivity index (χ0n) is 24.8. The summed E-state index contributed by atoms with van der Waals surface area (Å²) in [6, 6.07) is 9.78. The van der Waals surface area contributed by atoms with Crippen LogP contribution < -0.4 is 15.8 Å². The average Bonchev–Trinajstić information content (AvgIpc) is 3.76. The Hall–Kier alpha value is -4.06. The quantitative estimate of drug-likeness (QED) is 0.282. The molecule has 0 amide bonds. The molecule has 11 nitrogen and oxygen atoms in total. The van der Waals surface area contributed by atoms with Gasteiger partial charge in [-0.1, -0.05) is 12.1 Å². The Balaban J connectivity index is 1.27. The molecule has 3 N–H and O–H groups in total. The molecule has 4 heterocycles. The summed E-state index contributed by atoms with van der Waals surface area (Å²) in [5.41, 5.74) is 3.31. The number of aryl methyl sites for hydroxylation is 1. The minimum atomic E-state index is -1.04. The van der Waals surface area contributed by atoms with Crippen LogP contribution in [0.3, 0.4) is 0 Å². The first-order valence-corrected chi connectivity index (χ1v) is 15.0. The lowest BCUT2D eigenvalue weighted by atomic mass is 9.72. The summed E-state index contributed by atoms with van der Waals surface area (Å²) in [5, 5.41) is 25.4. The predicted octanol–water partition coefficient (Wildman–Crippen LogP) is 3.08. The van der Waals surface area contributed by atoms with Crippen molar-refractivity contribution in [2.75, 3.05) is 43.4 Å². The number of nitrogens with one attached hydrogen (secondary N) is 1. The number of fused-ring (bicyclic) bond motifs is 2. The maximum absolute atomic E-state index is 13.5. The largest absolute Gasteiger partial charge is 0.392 e. The second kappa shape index (κ2) is 10.3. The Morgan fingerprint density at radius 3 is 2.60 bits per heavy atom. The molecule has 1 spiro atoms. The van der Waals surface area contributed by atoms with E-state index in [0.29, 0.717) is 28.5 Å². The van der Waals surface area contributed by atoms with Gasteiger partial charge in [-0.3, -0.25) is 4.79 Å². The van der Waals surface area contributed by atoms with Crippen molar-refractivity contribution in [1.82, 2.24) is 29.2 Å². The first kappa shape index (κ1) is 27.8. The maximum Gasteiger partial charge on any atom is 0.278 e. The number of likely N-dealkylation sites (N-methyl/N-ethyl adjacent to an activating group) is 1. The number of allylic oxidation sites excluding steroid dienone is 1. The van der Waals surface area contributed by atoms with Crippen LogP contribution in [0.1, 0.15) is 43.0 Å². The van der Waals surface area contributed by atoms with Gasteiger partial charge in [0.05, 0.1) is 18.8 Å². The summed E-state index contributed by atoms with van der Waals surface area (Å²) >= 11 is 0. The first-order chi connectivity index (χ1) is 20.7. The van der Waals surface area contributed by atoms with Crippen LogP contribution in [-0.4, -0.2) is 72.7 Å². The van der Waals surface area contributed by atoms with Gasteiger partial charge in [0, 0.05) is 54.7 Å². The highest BCUT2D eigenvalue weighted by Gasteiger charge is 2.59. The molecule has 0 bridgehead atoms. The molecule has 0 radical (unpaired) electrons. The molecule has 11 heteroatoms. The third-order valence-corrected chi connectivity index (χ3v) is 9.73. The fraction of sp³-hybridized carbons (Fsp3) is 0.438. The Morgan fingerprint density at radius 2 is 1.88 bits per heavy atom. The van der Waals surface area contributed by atoms with Gasteiger partial charge in [0.25, 0.3) is 5.56 Å². The molecule has 7 rings (SSSR count). The van der Waals surface area contributed by atoms with E-state index in [0.717, 1.165) is 74.4 Å². The van der Waals surface area contributed by atoms with Crippen molar-refractivity contribution in [3.05, 3.63) is 76.4 Å². The standard InChI is InChI=1S/C32H38N8O3/c1-4-13-39-29(42)24-19-33-30(34-23-6-7-25(22(18-23)20-41)38-16-14-37(3)15-17-38)36-28(24)40(39)26-8-5-21-9-10-32(11-12-32)31(2,43)27(21)35-26/h4-8,18-19,41,43H,1,9-17,20H2,2-3H3,(H,33,34,36). The third-order valence-electron chi connectivity index (χ3n) is 9.73. The Labute approximate surface area is 250 Å². The highest BCUT2D eigenvalue weighted by atomic mass is 16.3. The topological polar surface area (TPSA) is 125 Å². The number of pyridine rings is 1. The number of aliphatic hydroxyl groups is 2. The van der Waals surface area contributed by atoms with Crippen molar-refractivity contribution >= 4 is 28.4 Å². The van der Waals surface area contributed by atoms with Crippen LogP contribution in [0.4, 0.5) is 17.3 Å². The monoisotopic (exact) mass is 582 g/mol. The molecule has 3 aromatic heterocycles. The molecule has 1 atom stereocenters. The lowest BCUT2D eigenvalue weighted by molar-refractivity contribution is -0.0371. The number of hydrogen-bond acceptors (Lipinski definition) is 9. The van der Waals surface area contributed by atoms with E-state index in [4.69, 9.17) is 9.97 Å². The van der Waals surface area contributed by atoms with Crippen LogP contribution in [-0.2, 0) is 25.2 Å². The van der Waals surface area contributed by atoms with Crippen LogP contribution in [0.15, 0.2) is 54.0 Å². The second-order valence-electron chi connectivity index (χ2n) is 12.4. The van der Waals surface area contributed by atoms with Gasteiger partial charge in [0.15, 0.2) is 11.5 Å². The van der Waals surface area contributed by atoms with Crippen LogP contribution in [0, 0.1) is 5.41 Å². The molecule has 1 unspecified atom stereocenters. The minimum Gasteiger partial charge on any atom is -0.392 e. The Bertz CT molecular complexity index is 1780. The lowest BCUT2D eigenvalue weighted by Gasteiger charge is -2.38. The van der Waals surface area contributed by atoms with Gasteiger partial charge in [0.2, 0.25) is 5.95 Å². The zero-order valence-corrected chi connectivity index (χ0v) is 24.8. The van der Waals surface area contributed by atoms with Gasteiger partial charge >= 0.3 is 0 Å². The van der Waals surface area contributed by atoms with Crippen LogP contribution in [0.2, 0.25) is 0 Å². The number of hydrogen-bond donors (Lipinski definition) is 3. The van der Waals surface area contributed by atoms with Gasteiger partial charge in [-0.25, -0.2) is 19.3 Å². The molecule has 224 valence electrons. The first-order valence-electron chi connectivity index (χ1n) is 15.0. The summed E-state index contributed by atoms with van der Waals surface area (Å²) < 4.78 is 3.25.